The molecule has 1 saturated heterocycles. The average molecular weight is 473 g/mol. The molecule has 0 aliphatic carbocycles. The molecule has 1 aromatic carbocycles. The SMILES string of the molecule is Cc1nc2cc(Cl)c(C(C)Nc3ncc(C(=O)N4CC(C)C(F)C(C)C4)cn3)cc2c(=O)[nH]1. The molecule has 0 radical (unpaired) electrons. The van der Waals surface area contributed by atoms with Crippen molar-refractivity contribution in [3.05, 3.63) is 56.9 Å². The van der Waals surface area contributed by atoms with Crippen LogP contribution in [-0.2, 0) is 0 Å². The number of nitrogens with zero attached hydrogens (tertiary/aromatic N) is 4. The molecular weight excluding hydrogens is 447 g/mol. The van der Waals surface area contributed by atoms with Crippen LogP contribution in [0.2, 0.25) is 5.02 Å². The maximum absolute atomic E-state index is 14.1. The van der Waals surface area contributed by atoms with E-state index in [2.05, 4.69) is 25.3 Å². The summed E-state index contributed by atoms with van der Waals surface area (Å²) in [4.78, 5) is 42.3. The monoisotopic (exact) mass is 472 g/mol. The second-order valence-corrected chi connectivity index (χ2v) is 9.22. The highest BCUT2D eigenvalue weighted by Gasteiger charge is 2.34. The van der Waals surface area contributed by atoms with E-state index in [9.17, 15) is 14.0 Å². The van der Waals surface area contributed by atoms with Gasteiger partial charge in [0, 0.05) is 42.3 Å². The summed E-state index contributed by atoms with van der Waals surface area (Å²) in [6.45, 7) is 7.95. The molecule has 0 bridgehead atoms. The van der Waals surface area contributed by atoms with Crippen LogP contribution in [0.3, 0.4) is 0 Å². The number of nitrogens with one attached hydrogen (secondary N) is 2. The number of piperidine rings is 1. The summed E-state index contributed by atoms with van der Waals surface area (Å²) in [5, 5.41) is 4.05. The highest BCUT2D eigenvalue weighted by molar-refractivity contribution is 6.32. The van der Waals surface area contributed by atoms with Crippen molar-refractivity contribution in [1.82, 2.24) is 24.8 Å². The molecule has 3 atom stereocenters. The predicted molar refractivity (Wildman–Crippen MR) is 125 cm³/mol. The second kappa shape index (κ2) is 9.05. The van der Waals surface area contributed by atoms with Gasteiger partial charge in [-0.1, -0.05) is 25.4 Å². The molecule has 1 amide bonds. The smallest absolute Gasteiger partial charge is 0.258 e. The summed E-state index contributed by atoms with van der Waals surface area (Å²) >= 11 is 6.45. The Balaban J connectivity index is 1.50. The number of H-pyrrole nitrogens is 1. The fraction of sp³-hybridized carbons (Fsp3) is 0.435. The first-order chi connectivity index (χ1) is 15.6. The summed E-state index contributed by atoms with van der Waals surface area (Å²) in [5.74, 6) is 0.204. The number of likely N-dealkylation sites (tertiary alicyclic amines) is 1. The Bertz CT molecular complexity index is 1240. The van der Waals surface area contributed by atoms with Crippen LogP contribution >= 0.6 is 11.6 Å². The Morgan fingerprint density at radius 2 is 1.88 bits per heavy atom. The highest BCUT2D eigenvalue weighted by Crippen LogP contribution is 2.29. The third kappa shape index (κ3) is 4.68. The lowest BCUT2D eigenvalue weighted by Crippen LogP contribution is -2.48. The van der Waals surface area contributed by atoms with E-state index in [4.69, 9.17) is 11.6 Å². The molecule has 1 fully saturated rings. The highest BCUT2D eigenvalue weighted by atomic mass is 35.5. The number of aromatic nitrogens is 4. The molecule has 3 unspecified atom stereocenters. The van der Waals surface area contributed by atoms with Gasteiger partial charge in [-0.3, -0.25) is 9.59 Å². The van der Waals surface area contributed by atoms with Crippen LogP contribution in [-0.4, -0.2) is 50.0 Å². The number of carbonyl (C=O) groups excluding carboxylic acids is 1. The minimum absolute atomic E-state index is 0.209. The van der Waals surface area contributed by atoms with Gasteiger partial charge in [-0.25, -0.2) is 19.3 Å². The third-order valence-electron chi connectivity index (χ3n) is 6.04. The first kappa shape index (κ1) is 23.1. The standard InChI is InChI=1S/C23H26ClFN6O2/c1-11-9-31(10-12(2)20(11)25)22(33)15-7-26-23(27-8-15)28-13(3)16-5-17-19(6-18(16)24)29-14(4)30-21(17)32/h5-8,11-13,20H,9-10H2,1-4H3,(H,26,27,28)(H,29,30,32). The van der Waals surface area contributed by atoms with Crippen LogP contribution in [0, 0.1) is 18.8 Å². The van der Waals surface area contributed by atoms with Crippen molar-refractivity contribution in [3.8, 4) is 0 Å². The lowest BCUT2D eigenvalue weighted by molar-refractivity contribution is 0.0368. The minimum Gasteiger partial charge on any atom is -0.348 e. The van der Waals surface area contributed by atoms with Gasteiger partial charge in [0.15, 0.2) is 0 Å². The van der Waals surface area contributed by atoms with Crippen molar-refractivity contribution in [2.75, 3.05) is 18.4 Å². The number of aromatic amines is 1. The number of amides is 1. The first-order valence-electron chi connectivity index (χ1n) is 10.9. The van der Waals surface area contributed by atoms with Crippen LogP contribution in [0.1, 0.15) is 48.6 Å². The normalized spacial score (nSPS) is 21.8. The van der Waals surface area contributed by atoms with Gasteiger partial charge < -0.3 is 15.2 Å². The van der Waals surface area contributed by atoms with E-state index in [1.807, 2.05) is 20.8 Å². The molecule has 8 nitrogen and oxygen atoms in total. The van der Waals surface area contributed by atoms with Gasteiger partial charge in [-0.05, 0) is 31.5 Å². The number of aryl methyl sites for hydroxylation is 1. The van der Waals surface area contributed by atoms with Crippen molar-refractivity contribution in [2.24, 2.45) is 11.8 Å². The molecule has 0 saturated carbocycles. The molecule has 1 aliphatic heterocycles. The molecule has 2 aromatic heterocycles. The van der Waals surface area contributed by atoms with Crippen LogP contribution in [0.5, 0.6) is 0 Å². The lowest BCUT2D eigenvalue weighted by Gasteiger charge is -2.37. The zero-order chi connectivity index (χ0) is 23.9. The van der Waals surface area contributed by atoms with Crippen molar-refractivity contribution < 1.29 is 9.18 Å². The van der Waals surface area contributed by atoms with Gasteiger partial charge in [-0.15, -0.1) is 0 Å². The van der Waals surface area contributed by atoms with Crippen molar-refractivity contribution >= 4 is 34.4 Å². The molecule has 1 aliphatic rings. The summed E-state index contributed by atoms with van der Waals surface area (Å²) in [5.41, 5.74) is 1.33. The van der Waals surface area contributed by atoms with Crippen LogP contribution in [0.25, 0.3) is 10.9 Å². The zero-order valence-corrected chi connectivity index (χ0v) is 19.7. The maximum Gasteiger partial charge on any atom is 0.258 e. The van der Waals surface area contributed by atoms with Crippen LogP contribution in [0.15, 0.2) is 29.3 Å². The fourth-order valence-corrected chi connectivity index (χ4v) is 4.61. The van der Waals surface area contributed by atoms with Gasteiger partial charge in [-0.2, -0.15) is 0 Å². The number of benzene rings is 1. The molecule has 2 N–H and O–H groups in total. The van der Waals surface area contributed by atoms with E-state index in [1.165, 1.54) is 12.4 Å². The predicted octanol–water partition coefficient (Wildman–Crippen LogP) is 3.91. The molecule has 10 heteroatoms. The van der Waals surface area contributed by atoms with Crippen molar-refractivity contribution in [3.63, 3.8) is 0 Å². The quantitative estimate of drug-likeness (QED) is 0.596. The number of anilines is 1. The van der Waals surface area contributed by atoms with E-state index >= 15 is 0 Å². The number of rotatable bonds is 4. The number of fused-ring (bicyclic) bond motifs is 1. The third-order valence-corrected chi connectivity index (χ3v) is 6.37. The van der Waals surface area contributed by atoms with Crippen LogP contribution in [0.4, 0.5) is 10.3 Å². The molecule has 3 aromatic rings. The van der Waals surface area contributed by atoms with E-state index in [-0.39, 0.29) is 29.3 Å². The zero-order valence-electron chi connectivity index (χ0n) is 18.9. The Morgan fingerprint density at radius 1 is 1.24 bits per heavy atom. The second-order valence-electron chi connectivity index (χ2n) is 8.81. The topological polar surface area (TPSA) is 104 Å². The van der Waals surface area contributed by atoms with E-state index in [0.29, 0.717) is 51.9 Å². The van der Waals surface area contributed by atoms with Gasteiger partial charge >= 0.3 is 0 Å². The van der Waals surface area contributed by atoms with E-state index in [1.54, 1.807) is 24.0 Å². The van der Waals surface area contributed by atoms with Crippen LogP contribution < -0.4 is 10.9 Å². The Hall–Kier alpha value is -3.07. The summed E-state index contributed by atoms with van der Waals surface area (Å²) in [7, 11) is 0. The first-order valence-corrected chi connectivity index (χ1v) is 11.2. The maximum atomic E-state index is 14.1. The number of alkyl halides is 1. The molecular formula is C23H26ClFN6O2. The molecule has 33 heavy (non-hydrogen) atoms. The summed E-state index contributed by atoms with van der Waals surface area (Å²) in [6, 6.07) is 3.06. The lowest BCUT2D eigenvalue weighted by atomic mass is 9.89. The fourth-order valence-electron chi connectivity index (χ4n) is 4.29. The van der Waals surface area contributed by atoms with Gasteiger partial charge in [0.05, 0.1) is 22.5 Å². The van der Waals surface area contributed by atoms with E-state index in [0.717, 1.165) is 0 Å². The van der Waals surface area contributed by atoms with E-state index < -0.39 is 6.17 Å². The van der Waals surface area contributed by atoms with Crippen molar-refractivity contribution in [1.29, 1.82) is 0 Å². The molecule has 0 spiro atoms. The molecule has 4 rings (SSSR count). The van der Waals surface area contributed by atoms with Crippen molar-refractivity contribution in [2.45, 2.75) is 39.9 Å². The number of carbonyl (C=O) groups is 1. The summed E-state index contributed by atoms with van der Waals surface area (Å²) < 4.78 is 14.1. The largest absolute Gasteiger partial charge is 0.348 e. The van der Waals surface area contributed by atoms with Gasteiger partial charge in [0.1, 0.15) is 12.0 Å². The number of hydrogen-bond acceptors (Lipinski definition) is 6. The Labute approximate surface area is 195 Å². The minimum atomic E-state index is -0.907. The molecule has 3 heterocycles. The Morgan fingerprint density at radius 3 is 2.52 bits per heavy atom. The number of hydrogen-bond donors (Lipinski definition) is 2. The van der Waals surface area contributed by atoms with Gasteiger partial charge in [0.25, 0.3) is 11.5 Å². The average Bonchev–Trinajstić information content (AvgIpc) is 2.76. The number of halogens is 2. The molecule has 174 valence electrons. The summed E-state index contributed by atoms with van der Waals surface area (Å²) in [6.07, 6.45) is 2.01. The Kier molecular flexibility index (Phi) is 6.34. The van der Waals surface area contributed by atoms with Gasteiger partial charge in [0.2, 0.25) is 5.95 Å².